The second-order valence-electron chi connectivity index (χ2n) is 2.85. The summed E-state index contributed by atoms with van der Waals surface area (Å²) in [7, 11) is 0. The summed E-state index contributed by atoms with van der Waals surface area (Å²) in [6.07, 6.45) is 4.46. The molecule has 1 aliphatic rings. The lowest BCUT2D eigenvalue weighted by atomic mass is 10.4. The van der Waals surface area contributed by atoms with E-state index in [0.29, 0.717) is 0 Å². The fraction of sp³-hybridized carbons (Fsp3) is 0.750. The summed E-state index contributed by atoms with van der Waals surface area (Å²) in [6.45, 7) is 3.13. The van der Waals surface area contributed by atoms with Crippen molar-refractivity contribution in [1.29, 1.82) is 0 Å². The van der Waals surface area contributed by atoms with Crippen LogP contribution in [0.3, 0.4) is 0 Å². The van der Waals surface area contributed by atoms with Crippen molar-refractivity contribution < 1.29 is 10.2 Å². The topological polar surface area (TPSA) is 43.7 Å². The molecule has 1 aliphatic heterocycles. The van der Waals surface area contributed by atoms with E-state index in [4.69, 9.17) is 10.2 Å². The normalized spacial score (nSPS) is 20.6. The maximum Gasteiger partial charge on any atom is 0.171 e. The first kappa shape index (κ1) is 8.71. The van der Waals surface area contributed by atoms with Crippen LogP contribution >= 0.6 is 0 Å². The van der Waals surface area contributed by atoms with Crippen LogP contribution < -0.4 is 0 Å². The minimum atomic E-state index is -1.29. The molecule has 0 spiro atoms. The van der Waals surface area contributed by atoms with Gasteiger partial charge in [-0.1, -0.05) is 6.08 Å². The van der Waals surface area contributed by atoms with Crippen LogP contribution in [0.1, 0.15) is 12.8 Å². The van der Waals surface area contributed by atoms with Crippen LogP contribution in [0.15, 0.2) is 12.2 Å². The summed E-state index contributed by atoms with van der Waals surface area (Å²) in [5.74, 6) is 0. The lowest BCUT2D eigenvalue weighted by molar-refractivity contribution is 0.00208. The Kier molecular flexibility index (Phi) is 3.56. The monoisotopic (exact) mass is 157 g/mol. The lowest BCUT2D eigenvalue weighted by Crippen LogP contribution is -2.19. The predicted molar refractivity (Wildman–Crippen MR) is 43.0 cm³/mol. The van der Waals surface area contributed by atoms with E-state index < -0.39 is 6.29 Å². The minimum absolute atomic E-state index is 0.845. The first-order valence-corrected chi connectivity index (χ1v) is 4.04. The Morgan fingerprint density at radius 2 is 1.91 bits per heavy atom. The van der Waals surface area contributed by atoms with Crippen molar-refractivity contribution in [3.8, 4) is 0 Å². The SMILES string of the molecule is OC(O)/C=C/CN1CCCC1. The fourth-order valence-corrected chi connectivity index (χ4v) is 1.30. The van der Waals surface area contributed by atoms with Crippen molar-refractivity contribution in [2.45, 2.75) is 19.1 Å². The molecule has 1 fully saturated rings. The highest BCUT2D eigenvalue weighted by Crippen LogP contribution is 2.06. The van der Waals surface area contributed by atoms with E-state index in [9.17, 15) is 0 Å². The van der Waals surface area contributed by atoms with Crippen LogP contribution in [0.5, 0.6) is 0 Å². The molecular weight excluding hydrogens is 142 g/mol. The molecule has 0 amide bonds. The Labute approximate surface area is 66.9 Å². The molecule has 0 aromatic heterocycles. The van der Waals surface area contributed by atoms with Crippen molar-refractivity contribution in [1.82, 2.24) is 4.90 Å². The summed E-state index contributed by atoms with van der Waals surface area (Å²) in [5, 5.41) is 17.0. The molecule has 0 atom stereocenters. The smallest absolute Gasteiger partial charge is 0.171 e. The number of aliphatic hydroxyl groups is 2. The predicted octanol–water partition coefficient (Wildman–Crippen LogP) is -0.0509. The number of nitrogens with zero attached hydrogens (tertiary/aromatic N) is 1. The van der Waals surface area contributed by atoms with Crippen LogP contribution in [0.2, 0.25) is 0 Å². The van der Waals surface area contributed by atoms with Crippen molar-refractivity contribution in [2.75, 3.05) is 19.6 Å². The molecule has 0 aromatic carbocycles. The Bertz CT molecular complexity index is 128. The average Bonchev–Trinajstić information content (AvgIpc) is 2.39. The zero-order valence-corrected chi connectivity index (χ0v) is 6.61. The molecule has 64 valence electrons. The van der Waals surface area contributed by atoms with E-state index >= 15 is 0 Å². The van der Waals surface area contributed by atoms with Crippen LogP contribution in [0.25, 0.3) is 0 Å². The highest BCUT2D eigenvalue weighted by molar-refractivity contribution is 4.87. The van der Waals surface area contributed by atoms with Crippen LogP contribution in [-0.4, -0.2) is 41.0 Å². The van der Waals surface area contributed by atoms with E-state index in [-0.39, 0.29) is 0 Å². The third-order valence-corrected chi connectivity index (χ3v) is 1.87. The average molecular weight is 157 g/mol. The van der Waals surface area contributed by atoms with E-state index in [1.165, 1.54) is 18.9 Å². The summed E-state index contributed by atoms with van der Waals surface area (Å²) >= 11 is 0. The van der Waals surface area contributed by atoms with Gasteiger partial charge in [0, 0.05) is 6.54 Å². The first-order valence-electron chi connectivity index (χ1n) is 4.04. The van der Waals surface area contributed by atoms with Gasteiger partial charge in [0.1, 0.15) is 0 Å². The van der Waals surface area contributed by atoms with Gasteiger partial charge in [0.05, 0.1) is 0 Å². The number of likely N-dealkylation sites (tertiary alicyclic amines) is 1. The summed E-state index contributed by atoms with van der Waals surface area (Å²) in [5.41, 5.74) is 0. The van der Waals surface area contributed by atoms with Gasteiger partial charge in [0.25, 0.3) is 0 Å². The van der Waals surface area contributed by atoms with E-state index in [1.54, 1.807) is 6.08 Å². The highest BCUT2D eigenvalue weighted by atomic mass is 16.5. The third-order valence-electron chi connectivity index (χ3n) is 1.87. The maximum absolute atomic E-state index is 8.48. The quantitative estimate of drug-likeness (QED) is 0.446. The first-order chi connectivity index (χ1) is 5.29. The molecule has 0 aliphatic carbocycles. The zero-order valence-electron chi connectivity index (χ0n) is 6.61. The Morgan fingerprint density at radius 1 is 1.27 bits per heavy atom. The van der Waals surface area contributed by atoms with Crippen LogP contribution in [0, 0.1) is 0 Å². The molecule has 3 heteroatoms. The number of aliphatic hydroxyl groups excluding tert-OH is 1. The van der Waals surface area contributed by atoms with Crippen molar-refractivity contribution in [2.24, 2.45) is 0 Å². The molecular formula is C8H15NO2. The van der Waals surface area contributed by atoms with Gasteiger partial charge in [-0.25, -0.2) is 0 Å². The van der Waals surface area contributed by atoms with Crippen LogP contribution in [-0.2, 0) is 0 Å². The van der Waals surface area contributed by atoms with Crippen molar-refractivity contribution in [3.63, 3.8) is 0 Å². The molecule has 0 saturated carbocycles. The molecule has 3 nitrogen and oxygen atoms in total. The second-order valence-corrected chi connectivity index (χ2v) is 2.85. The van der Waals surface area contributed by atoms with Crippen molar-refractivity contribution in [3.05, 3.63) is 12.2 Å². The molecule has 1 heterocycles. The molecule has 0 aromatic rings. The zero-order chi connectivity index (χ0) is 8.10. The molecule has 0 bridgehead atoms. The van der Waals surface area contributed by atoms with Crippen molar-refractivity contribution >= 4 is 0 Å². The van der Waals surface area contributed by atoms with Gasteiger partial charge in [-0.2, -0.15) is 0 Å². The Morgan fingerprint density at radius 3 is 2.45 bits per heavy atom. The minimum Gasteiger partial charge on any atom is -0.365 e. The standard InChI is InChI=1S/C8H15NO2/c10-8(11)4-3-7-9-5-1-2-6-9/h3-4,8,10-11H,1-2,5-7H2/b4-3+. The number of rotatable bonds is 3. The molecule has 1 rings (SSSR count). The van der Waals surface area contributed by atoms with Gasteiger partial charge >= 0.3 is 0 Å². The van der Waals surface area contributed by atoms with Crippen LogP contribution in [0.4, 0.5) is 0 Å². The van der Waals surface area contributed by atoms with Gasteiger partial charge < -0.3 is 10.2 Å². The Balaban J connectivity index is 2.10. The third kappa shape index (κ3) is 3.51. The maximum atomic E-state index is 8.48. The summed E-state index contributed by atoms with van der Waals surface area (Å²) in [6, 6.07) is 0. The number of hydrogen-bond acceptors (Lipinski definition) is 3. The molecule has 2 N–H and O–H groups in total. The molecule has 1 saturated heterocycles. The summed E-state index contributed by atoms with van der Waals surface area (Å²) < 4.78 is 0. The fourth-order valence-electron chi connectivity index (χ4n) is 1.30. The lowest BCUT2D eigenvalue weighted by Gasteiger charge is -2.10. The van der Waals surface area contributed by atoms with Gasteiger partial charge in [0.15, 0.2) is 6.29 Å². The largest absolute Gasteiger partial charge is 0.365 e. The van der Waals surface area contributed by atoms with Gasteiger partial charge in [0.2, 0.25) is 0 Å². The van der Waals surface area contributed by atoms with E-state index in [1.807, 2.05) is 0 Å². The van der Waals surface area contributed by atoms with Gasteiger partial charge in [-0.05, 0) is 32.0 Å². The highest BCUT2D eigenvalue weighted by Gasteiger charge is 2.08. The van der Waals surface area contributed by atoms with Gasteiger partial charge in [-0.3, -0.25) is 4.90 Å². The van der Waals surface area contributed by atoms with E-state index in [0.717, 1.165) is 19.6 Å². The second kappa shape index (κ2) is 4.49. The van der Waals surface area contributed by atoms with E-state index in [2.05, 4.69) is 4.90 Å². The Hall–Kier alpha value is -0.380. The molecule has 0 radical (unpaired) electrons. The summed E-state index contributed by atoms with van der Waals surface area (Å²) in [4.78, 5) is 2.29. The van der Waals surface area contributed by atoms with Gasteiger partial charge in [-0.15, -0.1) is 0 Å². The molecule has 0 unspecified atom stereocenters. The molecule has 11 heavy (non-hydrogen) atoms. The number of hydrogen-bond donors (Lipinski definition) is 2.